The maximum absolute atomic E-state index is 12.8. The molecule has 2 saturated heterocycles. The van der Waals surface area contributed by atoms with Gasteiger partial charge in [-0.05, 0) is 36.1 Å². The van der Waals surface area contributed by atoms with E-state index in [9.17, 15) is 9.59 Å². The van der Waals surface area contributed by atoms with E-state index in [-0.39, 0.29) is 18.7 Å². The van der Waals surface area contributed by atoms with Gasteiger partial charge in [-0.3, -0.25) is 14.6 Å². The van der Waals surface area contributed by atoms with Crippen LogP contribution in [0.4, 0.5) is 4.79 Å². The number of aryl methyl sites for hydroxylation is 1. The number of urea groups is 1. The Balaban J connectivity index is 1.09. The molecule has 168 valence electrons. The van der Waals surface area contributed by atoms with Crippen molar-refractivity contribution in [2.75, 3.05) is 39.6 Å². The number of piperazine rings is 1. The Kier molecular flexibility index (Phi) is 5.96. The minimum atomic E-state index is -0.435. The van der Waals surface area contributed by atoms with E-state index in [1.165, 1.54) is 16.0 Å². The summed E-state index contributed by atoms with van der Waals surface area (Å²) in [6.45, 7) is 4.88. The highest BCUT2D eigenvalue weighted by Crippen LogP contribution is 2.32. The molecule has 2 fully saturated rings. The van der Waals surface area contributed by atoms with Crippen LogP contribution in [0.3, 0.4) is 0 Å². The predicted molar refractivity (Wildman–Crippen MR) is 118 cm³/mol. The molecule has 1 unspecified atom stereocenters. The molecule has 0 saturated carbocycles. The largest absolute Gasteiger partial charge is 0.454 e. The number of carbonyl (C=O) groups is 2. The van der Waals surface area contributed by atoms with E-state index in [1.807, 2.05) is 42.5 Å². The summed E-state index contributed by atoms with van der Waals surface area (Å²) in [4.78, 5) is 31.1. The second-order valence-electron chi connectivity index (χ2n) is 8.52. The number of hydrogen-bond donors (Lipinski definition) is 1. The smallest absolute Gasteiger partial charge is 0.325 e. The summed E-state index contributed by atoms with van der Waals surface area (Å²) >= 11 is 0. The van der Waals surface area contributed by atoms with Crippen molar-refractivity contribution in [2.45, 2.75) is 25.4 Å². The van der Waals surface area contributed by atoms with Gasteiger partial charge in [0.1, 0.15) is 6.04 Å². The minimum absolute atomic E-state index is 0.117. The topological polar surface area (TPSA) is 74.4 Å². The number of rotatable bonds is 7. The maximum atomic E-state index is 12.8. The van der Waals surface area contributed by atoms with E-state index in [2.05, 4.69) is 21.2 Å². The summed E-state index contributed by atoms with van der Waals surface area (Å²) in [5.41, 5.74) is 2.37. The van der Waals surface area contributed by atoms with Crippen LogP contribution in [0.15, 0.2) is 48.5 Å². The Labute approximate surface area is 187 Å². The molecule has 3 amide bonds. The number of amides is 3. The van der Waals surface area contributed by atoms with Crippen LogP contribution in [0.5, 0.6) is 11.5 Å². The van der Waals surface area contributed by atoms with Crippen molar-refractivity contribution in [3.63, 3.8) is 0 Å². The highest BCUT2D eigenvalue weighted by molar-refractivity contribution is 6.04. The molecule has 0 bridgehead atoms. The average Bonchev–Trinajstić information content (AvgIpc) is 3.39. The van der Waals surface area contributed by atoms with E-state index in [0.29, 0.717) is 13.1 Å². The van der Waals surface area contributed by atoms with Crippen molar-refractivity contribution in [1.29, 1.82) is 0 Å². The zero-order valence-corrected chi connectivity index (χ0v) is 18.0. The van der Waals surface area contributed by atoms with Crippen molar-refractivity contribution in [1.82, 2.24) is 20.0 Å². The number of nitrogens with one attached hydrogen (secondary N) is 1. The van der Waals surface area contributed by atoms with Crippen LogP contribution in [0, 0.1) is 0 Å². The van der Waals surface area contributed by atoms with E-state index in [4.69, 9.17) is 9.47 Å². The fourth-order valence-electron chi connectivity index (χ4n) is 4.45. The first-order valence-corrected chi connectivity index (χ1v) is 11.1. The molecule has 1 atom stereocenters. The first kappa shape index (κ1) is 20.8. The van der Waals surface area contributed by atoms with Gasteiger partial charge < -0.3 is 14.8 Å². The molecule has 3 aliphatic heterocycles. The van der Waals surface area contributed by atoms with E-state index in [0.717, 1.165) is 50.6 Å². The molecule has 8 heteroatoms. The summed E-state index contributed by atoms with van der Waals surface area (Å²) in [7, 11) is 0. The lowest BCUT2D eigenvalue weighted by Gasteiger charge is -2.36. The fraction of sp³-hybridized carbons (Fsp3) is 0.417. The molecule has 3 aliphatic rings. The van der Waals surface area contributed by atoms with Crippen LogP contribution < -0.4 is 14.8 Å². The second-order valence-corrected chi connectivity index (χ2v) is 8.52. The Morgan fingerprint density at radius 3 is 2.44 bits per heavy atom. The van der Waals surface area contributed by atoms with Gasteiger partial charge in [-0.2, -0.15) is 0 Å². The number of carbonyl (C=O) groups excluding carboxylic acids is 2. The highest BCUT2D eigenvalue weighted by Gasteiger charge is 2.38. The van der Waals surface area contributed by atoms with Crippen LogP contribution in [0.25, 0.3) is 0 Å². The number of ether oxygens (including phenoxy) is 2. The number of benzene rings is 2. The summed E-state index contributed by atoms with van der Waals surface area (Å²) < 4.78 is 10.8. The lowest BCUT2D eigenvalue weighted by molar-refractivity contribution is -0.129. The molecule has 5 rings (SSSR count). The van der Waals surface area contributed by atoms with E-state index in [1.54, 1.807) is 0 Å². The number of fused-ring (bicyclic) bond motifs is 1. The van der Waals surface area contributed by atoms with Crippen LogP contribution in [-0.2, 0) is 17.8 Å². The molecule has 8 nitrogen and oxygen atoms in total. The monoisotopic (exact) mass is 436 g/mol. The molecule has 1 N–H and O–H groups in total. The van der Waals surface area contributed by atoms with E-state index >= 15 is 0 Å². The third-order valence-electron chi connectivity index (χ3n) is 6.32. The van der Waals surface area contributed by atoms with Crippen molar-refractivity contribution >= 4 is 11.9 Å². The third kappa shape index (κ3) is 4.56. The van der Waals surface area contributed by atoms with E-state index < -0.39 is 6.04 Å². The summed E-state index contributed by atoms with van der Waals surface area (Å²) in [5, 5.41) is 2.85. The summed E-state index contributed by atoms with van der Waals surface area (Å²) in [5.74, 6) is 1.49. The average molecular weight is 437 g/mol. The minimum Gasteiger partial charge on any atom is -0.454 e. The van der Waals surface area contributed by atoms with Gasteiger partial charge in [0.25, 0.3) is 5.91 Å². The van der Waals surface area contributed by atoms with Crippen molar-refractivity contribution in [3.05, 3.63) is 59.7 Å². The van der Waals surface area contributed by atoms with Gasteiger partial charge in [-0.15, -0.1) is 0 Å². The lowest BCUT2D eigenvalue weighted by Crippen LogP contribution is -2.51. The zero-order valence-electron chi connectivity index (χ0n) is 18.0. The Hall–Kier alpha value is -3.10. The van der Waals surface area contributed by atoms with Crippen LogP contribution in [0.1, 0.15) is 17.5 Å². The van der Waals surface area contributed by atoms with Gasteiger partial charge >= 0.3 is 6.03 Å². The normalized spacial score (nSPS) is 21.2. The standard InChI is InChI=1S/C24H28N4O4/c29-23-20(8-6-18-4-2-1-3-5-18)25-24(30)28(23)16-27-12-10-26(11-13-27)15-19-7-9-21-22(14-19)32-17-31-21/h1-5,7,9,14,20H,6,8,10-13,15-17H2,(H,25,30). The van der Waals surface area contributed by atoms with Gasteiger partial charge in [-0.25, -0.2) is 9.69 Å². The number of nitrogens with zero attached hydrogens (tertiary/aromatic N) is 3. The van der Waals surface area contributed by atoms with Crippen LogP contribution in [-0.4, -0.2) is 72.3 Å². The van der Waals surface area contributed by atoms with Crippen molar-refractivity contribution in [3.8, 4) is 11.5 Å². The highest BCUT2D eigenvalue weighted by atomic mass is 16.7. The second kappa shape index (κ2) is 9.18. The van der Waals surface area contributed by atoms with Crippen LogP contribution in [0.2, 0.25) is 0 Å². The van der Waals surface area contributed by atoms with Gasteiger partial charge in [0.05, 0.1) is 6.67 Å². The number of imide groups is 1. The van der Waals surface area contributed by atoms with Crippen molar-refractivity contribution in [2.24, 2.45) is 0 Å². The van der Waals surface area contributed by atoms with Gasteiger partial charge in [0.15, 0.2) is 11.5 Å². The molecule has 2 aromatic rings. The zero-order chi connectivity index (χ0) is 21.9. The van der Waals surface area contributed by atoms with Crippen LogP contribution >= 0.6 is 0 Å². The molecule has 0 spiro atoms. The van der Waals surface area contributed by atoms with Gasteiger partial charge in [-0.1, -0.05) is 36.4 Å². The Morgan fingerprint density at radius 2 is 1.62 bits per heavy atom. The van der Waals surface area contributed by atoms with Gasteiger partial charge in [0, 0.05) is 32.7 Å². The Bertz CT molecular complexity index is 975. The van der Waals surface area contributed by atoms with Crippen molar-refractivity contribution < 1.29 is 19.1 Å². The molecule has 3 heterocycles. The first-order chi connectivity index (χ1) is 15.7. The maximum Gasteiger partial charge on any atom is 0.325 e. The third-order valence-corrected chi connectivity index (χ3v) is 6.32. The fourth-order valence-corrected chi connectivity index (χ4v) is 4.45. The SMILES string of the molecule is O=C1NC(CCc2ccccc2)C(=O)N1CN1CCN(Cc2ccc3c(c2)OCO3)CC1. The number of hydrogen-bond acceptors (Lipinski definition) is 6. The quantitative estimate of drug-likeness (QED) is 0.670. The molecular formula is C24H28N4O4. The molecule has 0 aliphatic carbocycles. The van der Waals surface area contributed by atoms with Gasteiger partial charge in [0.2, 0.25) is 6.79 Å². The Morgan fingerprint density at radius 1 is 0.875 bits per heavy atom. The molecule has 0 aromatic heterocycles. The summed E-state index contributed by atoms with van der Waals surface area (Å²) in [6.07, 6.45) is 1.39. The molecule has 32 heavy (non-hydrogen) atoms. The molecule has 0 radical (unpaired) electrons. The predicted octanol–water partition coefficient (Wildman–Crippen LogP) is 2.04. The molecular weight excluding hydrogens is 408 g/mol. The first-order valence-electron chi connectivity index (χ1n) is 11.1. The lowest BCUT2D eigenvalue weighted by atomic mass is 10.1. The summed E-state index contributed by atoms with van der Waals surface area (Å²) in [6, 6.07) is 15.4. The molecule has 2 aromatic carbocycles.